The van der Waals surface area contributed by atoms with Crippen molar-refractivity contribution in [3.63, 3.8) is 0 Å². The van der Waals surface area contributed by atoms with Crippen LogP contribution < -0.4 is 0 Å². The van der Waals surface area contributed by atoms with Crippen LogP contribution in [0.1, 0.15) is 21.5 Å². The SMILES string of the molecule is O=C(c1cn[nH]c1)c1ccc2c(c1)C=CCS2. The molecule has 1 aromatic heterocycles. The molecule has 1 aromatic carbocycles. The molecule has 1 N–H and O–H groups in total. The number of benzene rings is 1. The van der Waals surface area contributed by atoms with Crippen molar-refractivity contribution < 1.29 is 4.79 Å². The zero-order chi connectivity index (χ0) is 11.7. The number of carbonyl (C=O) groups excluding carboxylic acids is 1. The molecule has 84 valence electrons. The number of aromatic nitrogens is 2. The molecule has 2 aromatic rings. The van der Waals surface area contributed by atoms with Gasteiger partial charge < -0.3 is 0 Å². The number of rotatable bonds is 2. The number of hydrogen-bond donors (Lipinski definition) is 1. The van der Waals surface area contributed by atoms with E-state index in [0.29, 0.717) is 11.1 Å². The Bertz CT molecular complexity index is 587. The Balaban J connectivity index is 2.00. The molecule has 0 saturated carbocycles. The molecule has 0 radical (unpaired) electrons. The summed E-state index contributed by atoms with van der Waals surface area (Å²) < 4.78 is 0. The summed E-state index contributed by atoms with van der Waals surface area (Å²) in [5.74, 6) is 1.01. The highest BCUT2D eigenvalue weighted by Gasteiger charge is 2.13. The molecule has 0 unspecified atom stereocenters. The number of nitrogens with zero attached hydrogens (tertiary/aromatic N) is 1. The summed E-state index contributed by atoms with van der Waals surface area (Å²) in [7, 11) is 0. The van der Waals surface area contributed by atoms with Crippen LogP contribution in [0.4, 0.5) is 0 Å². The molecule has 0 fully saturated rings. The Morgan fingerprint density at radius 2 is 2.29 bits per heavy atom. The fourth-order valence-electron chi connectivity index (χ4n) is 1.81. The van der Waals surface area contributed by atoms with Gasteiger partial charge in [0.25, 0.3) is 0 Å². The van der Waals surface area contributed by atoms with Gasteiger partial charge in [-0.1, -0.05) is 12.2 Å². The van der Waals surface area contributed by atoms with Crippen molar-refractivity contribution in [3.8, 4) is 0 Å². The van der Waals surface area contributed by atoms with E-state index in [-0.39, 0.29) is 5.78 Å². The van der Waals surface area contributed by atoms with Gasteiger partial charge in [-0.15, -0.1) is 11.8 Å². The van der Waals surface area contributed by atoms with E-state index in [1.54, 1.807) is 24.2 Å². The summed E-state index contributed by atoms with van der Waals surface area (Å²) in [4.78, 5) is 13.3. The minimum atomic E-state index is 0.00511. The molecule has 0 bridgehead atoms. The maximum absolute atomic E-state index is 12.1. The maximum atomic E-state index is 12.1. The first-order chi connectivity index (χ1) is 8.34. The number of H-pyrrole nitrogens is 1. The lowest BCUT2D eigenvalue weighted by Crippen LogP contribution is -2.01. The van der Waals surface area contributed by atoms with E-state index < -0.39 is 0 Å². The van der Waals surface area contributed by atoms with E-state index in [2.05, 4.69) is 22.3 Å². The van der Waals surface area contributed by atoms with Gasteiger partial charge in [-0.25, -0.2) is 0 Å². The van der Waals surface area contributed by atoms with Crippen molar-refractivity contribution in [2.24, 2.45) is 0 Å². The predicted octanol–water partition coefficient (Wildman–Crippen LogP) is 2.76. The molecule has 0 aliphatic carbocycles. The normalized spacial score (nSPS) is 13.4. The third kappa shape index (κ3) is 1.91. The van der Waals surface area contributed by atoms with Crippen LogP contribution in [-0.2, 0) is 0 Å². The van der Waals surface area contributed by atoms with Gasteiger partial charge in [0.05, 0.1) is 11.8 Å². The van der Waals surface area contributed by atoms with Gasteiger partial charge in [-0.2, -0.15) is 5.10 Å². The third-order valence-electron chi connectivity index (χ3n) is 2.66. The first kappa shape index (κ1) is 10.4. The number of nitrogens with one attached hydrogen (secondary N) is 1. The lowest BCUT2D eigenvalue weighted by Gasteiger charge is -2.10. The molecule has 2 heterocycles. The smallest absolute Gasteiger partial charge is 0.196 e. The average molecular weight is 242 g/mol. The summed E-state index contributed by atoms with van der Waals surface area (Å²) in [5.41, 5.74) is 2.42. The summed E-state index contributed by atoms with van der Waals surface area (Å²) in [6.45, 7) is 0. The van der Waals surface area contributed by atoms with Gasteiger partial charge in [0.1, 0.15) is 0 Å². The quantitative estimate of drug-likeness (QED) is 0.824. The van der Waals surface area contributed by atoms with E-state index in [9.17, 15) is 4.79 Å². The Morgan fingerprint density at radius 1 is 1.35 bits per heavy atom. The Kier molecular flexibility index (Phi) is 2.57. The van der Waals surface area contributed by atoms with Gasteiger partial charge in [-0.3, -0.25) is 9.89 Å². The molecule has 0 saturated heterocycles. The predicted molar refractivity (Wildman–Crippen MR) is 68.2 cm³/mol. The van der Waals surface area contributed by atoms with Gasteiger partial charge in [0.15, 0.2) is 5.78 Å². The van der Waals surface area contributed by atoms with Crippen molar-refractivity contribution >= 4 is 23.6 Å². The molecule has 0 atom stereocenters. The second-order valence-electron chi connectivity index (χ2n) is 3.78. The van der Waals surface area contributed by atoms with E-state index in [1.165, 1.54) is 4.90 Å². The van der Waals surface area contributed by atoms with Crippen molar-refractivity contribution in [2.45, 2.75) is 4.90 Å². The molecule has 4 heteroatoms. The second-order valence-corrected chi connectivity index (χ2v) is 4.84. The third-order valence-corrected chi connectivity index (χ3v) is 3.71. The topological polar surface area (TPSA) is 45.8 Å². The minimum Gasteiger partial charge on any atom is -0.288 e. The molecular weight excluding hydrogens is 232 g/mol. The zero-order valence-electron chi connectivity index (χ0n) is 9.01. The standard InChI is InChI=1S/C13H10N2OS/c16-13(11-7-14-15-8-11)10-3-4-12-9(6-10)2-1-5-17-12/h1-4,6-8H,5H2,(H,14,15). The highest BCUT2D eigenvalue weighted by Crippen LogP contribution is 2.29. The first-order valence-electron chi connectivity index (χ1n) is 5.31. The van der Waals surface area contributed by atoms with Gasteiger partial charge >= 0.3 is 0 Å². The Morgan fingerprint density at radius 3 is 3.12 bits per heavy atom. The highest BCUT2D eigenvalue weighted by molar-refractivity contribution is 7.99. The van der Waals surface area contributed by atoms with Crippen LogP contribution in [0.15, 0.2) is 41.6 Å². The van der Waals surface area contributed by atoms with Crippen molar-refractivity contribution in [3.05, 3.63) is 53.4 Å². The molecule has 1 aliphatic rings. The van der Waals surface area contributed by atoms with Crippen LogP contribution in [0.25, 0.3) is 6.08 Å². The van der Waals surface area contributed by atoms with Crippen molar-refractivity contribution in [1.29, 1.82) is 0 Å². The molecule has 3 rings (SSSR count). The maximum Gasteiger partial charge on any atom is 0.196 e. The number of aromatic amines is 1. The largest absolute Gasteiger partial charge is 0.288 e. The fraction of sp³-hybridized carbons (Fsp3) is 0.0769. The fourth-order valence-corrected chi connectivity index (χ4v) is 2.64. The molecule has 1 aliphatic heterocycles. The monoisotopic (exact) mass is 242 g/mol. The highest BCUT2D eigenvalue weighted by atomic mass is 32.2. The van der Waals surface area contributed by atoms with Crippen molar-refractivity contribution in [1.82, 2.24) is 10.2 Å². The average Bonchev–Trinajstić information content (AvgIpc) is 2.91. The minimum absolute atomic E-state index is 0.00511. The van der Waals surface area contributed by atoms with E-state index in [0.717, 1.165) is 11.3 Å². The van der Waals surface area contributed by atoms with Crippen LogP contribution in [0.2, 0.25) is 0 Å². The van der Waals surface area contributed by atoms with Crippen molar-refractivity contribution in [2.75, 3.05) is 5.75 Å². The summed E-state index contributed by atoms with van der Waals surface area (Å²) in [6, 6.07) is 5.82. The van der Waals surface area contributed by atoms with Crippen LogP contribution >= 0.6 is 11.8 Å². The summed E-state index contributed by atoms with van der Waals surface area (Å²) in [6.07, 6.45) is 7.34. The number of carbonyl (C=O) groups is 1. The van der Waals surface area contributed by atoms with Gasteiger partial charge in [0, 0.05) is 22.4 Å². The van der Waals surface area contributed by atoms with E-state index in [4.69, 9.17) is 0 Å². The van der Waals surface area contributed by atoms with Gasteiger partial charge in [-0.05, 0) is 23.8 Å². The summed E-state index contributed by atoms with van der Waals surface area (Å²) in [5, 5.41) is 6.45. The van der Waals surface area contributed by atoms with E-state index in [1.807, 2.05) is 18.2 Å². The van der Waals surface area contributed by atoms with Crippen LogP contribution in [-0.4, -0.2) is 21.7 Å². The Hall–Kier alpha value is -1.81. The number of ketones is 1. The van der Waals surface area contributed by atoms with Crippen LogP contribution in [0, 0.1) is 0 Å². The van der Waals surface area contributed by atoms with Crippen LogP contribution in [0.5, 0.6) is 0 Å². The lowest BCUT2D eigenvalue weighted by atomic mass is 10.0. The van der Waals surface area contributed by atoms with E-state index >= 15 is 0 Å². The molecule has 17 heavy (non-hydrogen) atoms. The zero-order valence-corrected chi connectivity index (χ0v) is 9.83. The van der Waals surface area contributed by atoms with Gasteiger partial charge in [0.2, 0.25) is 0 Å². The second kappa shape index (κ2) is 4.22. The molecule has 0 amide bonds. The molecule has 3 nitrogen and oxygen atoms in total. The van der Waals surface area contributed by atoms with Crippen LogP contribution in [0.3, 0.4) is 0 Å². The Labute approximate surface area is 103 Å². The molecular formula is C13H10N2OS. The lowest BCUT2D eigenvalue weighted by molar-refractivity contribution is 0.103. The number of fused-ring (bicyclic) bond motifs is 1. The number of thioether (sulfide) groups is 1. The summed E-state index contributed by atoms with van der Waals surface area (Å²) >= 11 is 1.79. The molecule has 0 spiro atoms. The first-order valence-corrected chi connectivity index (χ1v) is 6.30. The number of hydrogen-bond acceptors (Lipinski definition) is 3.